The smallest absolute Gasteiger partial charge is 0.197 e. The third-order valence-electron chi connectivity index (χ3n) is 1.14. The highest BCUT2D eigenvalue weighted by molar-refractivity contribution is 9.10. The lowest BCUT2D eigenvalue weighted by Crippen LogP contribution is -2.01. The van der Waals surface area contributed by atoms with Crippen LogP contribution in [-0.4, -0.2) is 18.9 Å². The molecule has 0 aliphatic carbocycles. The highest BCUT2D eigenvalue weighted by atomic mass is 79.9. The van der Waals surface area contributed by atoms with Gasteiger partial charge in [0, 0.05) is 19.4 Å². The quantitative estimate of drug-likeness (QED) is 0.593. The molecule has 0 atom stereocenters. The van der Waals surface area contributed by atoms with Crippen molar-refractivity contribution in [2.45, 2.75) is 0 Å². The fourth-order valence-corrected chi connectivity index (χ4v) is 0.949. The molecular formula is C7H7BrFNO2. The summed E-state index contributed by atoms with van der Waals surface area (Å²) in [4.78, 5) is 3.67. The molecule has 0 N–H and O–H groups in total. The molecule has 66 valence electrons. The highest BCUT2D eigenvalue weighted by Gasteiger charge is 2.07. The summed E-state index contributed by atoms with van der Waals surface area (Å²) < 4.78 is 22.7. The molecule has 0 aliphatic rings. The predicted octanol–water partition coefficient (Wildman–Crippen LogP) is 1.97. The van der Waals surface area contributed by atoms with Gasteiger partial charge in [-0.15, -0.1) is 0 Å². The van der Waals surface area contributed by atoms with Gasteiger partial charge in [-0.05, 0) is 15.9 Å². The lowest BCUT2D eigenvalue weighted by molar-refractivity contribution is 0.0481. The monoisotopic (exact) mass is 235 g/mol. The maximum Gasteiger partial charge on any atom is 0.197 e. The van der Waals surface area contributed by atoms with Crippen LogP contribution in [0.15, 0.2) is 16.9 Å². The molecule has 1 heterocycles. The Morgan fingerprint density at radius 2 is 2.42 bits per heavy atom. The van der Waals surface area contributed by atoms with Gasteiger partial charge in [0.05, 0.1) is 0 Å². The molecule has 0 amide bonds. The molecule has 1 aromatic heterocycles. The summed E-state index contributed by atoms with van der Waals surface area (Å²) in [6, 6.07) is 1.43. The van der Waals surface area contributed by atoms with E-state index in [1.807, 2.05) is 0 Å². The summed E-state index contributed by atoms with van der Waals surface area (Å²) in [6.45, 7) is 0.0212. The second kappa shape index (κ2) is 4.37. The molecule has 5 heteroatoms. The van der Waals surface area contributed by atoms with Gasteiger partial charge in [-0.2, -0.15) is 4.39 Å². The van der Waals surface area contributed by atoms with Crippen LogP contribution in [0.1, 0.15) is 0 Å². The Kier molecular flexibility index (Phi) is 3.43. The van der Waals surface area contributed by atoms with Gasteiger partial charge < -0.3 is 9.47 Å². The fourth-order valence-electron chi connectivity index (χ4n) is 0.636. The number of methoxy groups -OCH3 is 1. The second-order valence-corrected chi connectivity index (χ2v) is 2.72. The standard InChI is InChI=1S/C7H7BrFNO2/c1-11-4-12-5-2-3-10-7(8)6(5)9/h2-3H,4H2,1H3. The number of aromatic nitrogens is 1. The molecule has 0 radical (unpaired) electrons. The van der Waals surface area contributed by atoms with Crippen molar-refractivity contribution >= 4 is 15.9 Å². The van der Waals surface area contributed by atoms with Crippen LogP contribution in [0.25, 0.3) is 0 Å². The van der Waals surface area contributed by atoms with Crippen molar-refractivity contribution in [1.29, 1.82) is 0 Å². The van der Waals surface area contributed by atoms with E-state index in [1.165, 1.54) is 19.4 Å². The van der Waals surface area contributed by atoms with Crippen molar-refractivity contribution in [3.05, 3.63) is 22.7 Å². The number of pyridine rings is 1. The minimum Gasteiger partial charge on any atom is -0.464 e. The molecule has 3 nitrogen and oxygen atoms in total. The van der Waals surface area contributed by atoms with Gasteiger partial charge in [0.25, 0.3) is 0 Å². The molecule has 1 aromatic rings. The van der Waals surface area contributed by atoms with Crippen LogP contribution in [0.4, 0.5) is 4.39 Å². The van der Waals surface area contributed by atoms with E-state index in [-0.39, 0.29) is 17.1 Å². The van der Waals surface area contributed by atoms with Crippen LogP contribution in [0.3, 0.4) is 0 Å². The van der Waals surface area contributed by atoms with Gasteiger partial charge in [0.15, 0.2) is 18.4 Å². The van der Waals surface area contributed by atoms with Crippen molar-refractivity contribution in [2.75, 3.05) is 13.9 Å². The molecule has 0 bridgehead atoms. The Morgan fingerprint density at radius 1 is 1.67 bits per heavy atom. The molecule has 0 aromatic carbocycles. The minimum absolute atomic E-state index is 0.0212. The number of hydrogen-bond acceptors (Lipinski definition) is 3. The van der Waals surface area contributed by atoms with E-state index in [2.05, 4.69) is 25.7 Å². The molecule has 0 saturated heterocycles. The largest absolute Gasteiger partial charge is 0.464 e. The SMILES string of the molecule is COCOc1ccnc(Br)c1F. The number of halogens is 2. The van der Waals surface area contributed by atoms with Crippen LogP contribution < -0.4 is 4.74 Å². The summed E-state index contributed by atoms with van der Waals surface area (Å²) in [6.07, 6.45) is 1.44. The Balaban J connectivity index is 2.78. The maximum atomic E-state index is 13.0. The highest BCUT2D eigenvalue weighted by Crippen LogP contribution is 2.21. The zero-order chi connectivity index (χ0) is 8.97. The summed E-state index contributed by atoms with van der Waals surface area (Å²) in [5.41, 5.74) is 0. The summed E-state index contributed by atoms with van der Waals surface area (Å²) >= 11 is 2.93. The summed E-state index contributed by atoms with van der Waals surface area (Å²) in [7, 11) is 1.47. The molecule has 0 fully saturated rings. The Labute approximate surface area is 77.6 Å². The first-order chi connectivity index (χ1) is 5.75. The van der Waals surface area contributed by atoms with Gasteiger partial charge in [-0.25, -0.2) is 4.98 Å². The van der Waals surface area contributed by atoms with Crippen LogP contribution in [0.2, 0.25) is 0 Å². The average Bonchev–Trinajstić information content (AvgIpc) is 2.08. The van der Waals surface area contributed by atoms with E-state index in [0.717, 1.165) is 0 Å². The lowest BCUT2D eigenvalue weighted by atomic mass is 10.4. The molecule has 1 rings (SSSR count). The van der Waals surface area contributed by atoms with Crippen molar-refractivity contribution in [1.82, 2.24) is 4.98 Å². The predicted molar refractivity (Wildman–Crippen MR) is 44.4 cm³/mol. The average molecular weight is 236 g/mol. The molecule has 12 heavy (non-hydrogen) atoms. The topological polar surface area (TPSA) is 31.4 Å². The van der Waals surface area contributed by atoms with Crippen LogP contribution in [0.5, 0.6) is 5.75 Å². The van der Waals surface area contributed by atoms with Gasteiger partial charge >= 0.3 is 0 Å². The summed E-state index contributed by atoms with van der Waals surface area (Å²) in [5.74, 6) is -0.395. The van der Waals surface area contributed by atoms with E-state index >= 15 is 0 Å². The van der Waals surface area contributed by atoms with E-state index in [4.69, 9.17) is 4.74 Å². The van der Waals surface area contributed by atoms with Crippen molar-refractivity contribution in [3.63, 3.8) is 0 Å². The number of nitrogens with zero attached hydrogens (tertiary/aromatic N) is 1. The van der Waals surface area contributed by atoms with Gasteiger partial charge in [-0.3, -0.25) is 0 Å². The van der Waals surface area contributed by atoms with Crippen molar-refractivity contribution < 1.29 is 13.9 Å². The molecule has 0 spiro atoms. The zero-order valence-corrected chi connectivity index (χ0v) is 7.97. The number of rotatable bonds is 3. The Morgan fingerprint density at radius 3 is 3.08 bits per heavy atom. The molecule has 0 unspecified atom stereocenters. The van der Waals surface area contributed by atoms with E-state index in [1.54, 1.807) is 0 Å². The fraction of sp³-hybridized carbons (Fsp3) is 0.286. The first kappa shape index (κ1) is 9.41. The van der Waals surface area contributed by atoms with E-state index in [9.17, 15) is 4.39 Å². The first-order valence-corrected chi connectivity index (χ1v) is 3.96. The van der Waals surface area contributed by atoms with E-state index < -0.39 is 5.82 Å². The Bertz CT molecular complexity index is 270. The van der Waals surface area contributed by atoms with E-state index in [0.29, 0.717) is 0 Å². The Hall–Kier alpha value is -0.680. The van der Waals surface area contributed by atoms with Gasteiger partial charge in [-0.1, -0.05) is 0 Å². The molecule has 0 saturated carbocycles. The lowest BCUT2D eigenvalue weighted by Gasteiger charge is -2.05. The second-order valence-electron chi connectivity index (χ2n) is 1.96. The summed E-state index contributed by atoms with van der Waals surface area (Å²) in [5, 5.41) is 0. The first-order valence-electron chi connectivity index (χ1n) is 3.17. The van der Waals surface area contributed by atoms with Crippen LogP contribution in [0, 0.1) is 5.82 Å². The van der Waals surface area contributed by atoms with Gasteiger partial charge in [0.1, 0.15) is 4.60 Å². The third kappa shape index (κ3) is 2.15. The maximum absolute atomic E-state index is 13.0. The molecule has 0 aliphatic heterocycles. The normalized spacial score (nSPS) is 9.92. The zero-order valence-electron chi connectivity index (χ0n) is 6.38. The number of ether oxygens (including phenoxy) is 2. The number of hydrogen-bond donors (Lipinski definition) is 0. The van der Waals surface area contributed by atoms with Crippen molar-refractivity contribution in [3.8, 4) is 5.75 Å². The minimum atomic E-state index is -0.519. The van der Waals surface area contributed by atoms with Gasteiger partial charge in [0.2, 0.25) is 0 Å². The van der Waals surface area contributed by atoms with Crippen LogP contribution >= 0.6 is 15.9 Å². The molecular weight excluding hydrogens is 229 g/mol. The third-order valence-corrected chi connectivity index (χ3v) is 1.70. The van der Waals surface area contributed by atoms with Crippen LogP contribution in [-0.2, 0) is 4.74 Å². The van der Waals surface area contributed by atoms with Crippen molar-refractivity contribution in [2.24, 2.45) is 0 Å².